The number of piperidine rings is 1. The molecule has 0 saturated carbocycles. The first-order valence-electron chi connectivity index (χ1n) is 9.24. The number of carbonyl (C=O) groups is 4. The fourth-order valence-corrected chi connectivity index (χ4v) is 3.32. The van der Waals surface area contributed by atoms with Crippen molar-refractivity contribution in [2.45, 2.75) is 19.4 Å². The normalized spacial score (nSPS) is 17.5. The van der Waals surface area contributed by atoms with E-state index in [4.69, 9.17) is 4.74 Å². The zero-order valence-corrected chi connectivity index (χ0v) is 15.8. The molecule has 2 aliphatic rings. The van der Waals surface area contributed by atoms with Crippen LogP contribution in [-0.2, 0) is 20.9 Å². The molecule has 150 valence electrons. The van der Waals surface area contributed by atoms with E-state index in [1.165, 1.54) is 0 Å². The van der Waals surface area contributed by atoms with E-state index in [1.54, 1.807) is 12.0 Å². The maximum absolute atomic E-state index is 12.4. The summed E-state index contributed by atoms with van der Waals surface area (Å²) in [7, 11) is 1.60. The summed E-state index contributed by atoms with van der Waals surface area (Å²) in [6, 6.07) is 6.95. The molecule has 1 aromatic rings. The molecule has 0 atom stereocenters. The molecule has 28 heavy (non-hydrogen) atoms. The maximum Gasteiger partial charge on any atom is 0.325 e. The van der Waals surface area contributed by atoms with Crippen LogP contribution < -0.4 is 15.4 Å². The molecule has 0 spiro atoms. The second kappa shape index (κ2) is 8.73. The Morgan fingerprint density at radius 1 is 1.18 bits per heavy atom. The molecule has 3 rings (SSSR count). The Labute approximate surface area is 163 Å². The molecule has 5 amide bonds. The lowest BCUT2D eigenvalue weighted by atomic mass is 9.95. The van der Waals surface area contributed by atoms with Gasteiger partial charge in [-0.15, -0.1) is 0 Å². The lowest BCUT2D eigenvalue weighted by Crippen LogP contribution is -2.47. The van der Waals surface area contributed by atoms with Crippen LogP contribution in [0.5, 0.6) is 5.75 Å². The molecule has 1 aromatic carbocycles. The summed E-state index contributed by atoms with van der Waals surface area (Å²) in [6.07, 6.45) is 1.11. The Kier molecular flexibility index (Phi) is 6.13. The van der Waals surface area contributed by atoms with E-state index in [-0.39, 0.29) is 30.8 Å². The van der Waals surface area contributed by atoms with E-state index >= 15 is 0 Å². The summed E-state index contributed by atoms with van der Waals surface area (Å²) in [5.41, 5.74) is 0.982. The molecule has 0 bridgehead atoms. The lowest BCUT2D eigenvalue weighted by molar-refractivity contribution is -0.138. The van der Waals surface area contributed by atoms with Gasteiger partial charge in [0, 0.05) is 25.6 Å². The predicted octanol–water partition coefficient (Wildman–Crippen LogP) is 0.102. The number of benzene rings is 1. The molecule has 0 aromatic heterocycles. The first kappa shape index (κ1) is 19.7. The highest BCUT2D eigenvalue weighted by Gasteiger charge is 2.33. The summed E-state index contributed by atoms with van der Waals surface area (Å²) in [4.78, 5) is 50.4. The summed E-state index contributed by atoms with van der Waals surface area (Å²) < 4.78 is 5.11. The van der Waals surface area contributed by atoms with Gasteiger partial charge in [-0.25, -0.2) is 4.79 Å². The second-order valence-corrected chi connectivity index (χ2v) is 6.86. The summed E-state index contributed by atoms with van der Waals surface area (Å²) in [5, 5.41) is 5.32. The molecule has 9 heteroatoms. The van der Waals surface area contributed by atoms with E-state index in [0.717, 1.165) is 16.2 Å². The van der Waals surface area contributed by atoms with Gasteiger partial charge in [0.25, 0.3) is 5.91 Å². The topological polar surface area (TPSA) is 108 Å². The van der Waals surface area contributed by atoms with Crippen LogP contribution in [0.2, 0.25) is 0 Å². The van der Waals surface area contributed by atoms with Crippen LogP contribution in [-0.4, -0.2) is 66.8 Å². The van der Waals surface area contributed by atoms with Gasteiger partial charge in [0.1, 0.15) is 12.3 Å². The van der Waals surface area contributed by atoms with Crippen LogP contribution in [0.4, 0.5) is 4.79 Å². The summed E-state index contributed by atoms with van der Waals surface area (Å²) in [5.74, 6) is -0.0927. The minimum atomic E-state index is -0.536. The van der Waals surface area contributed by atoms with Crippen molar-refractivity contribution in [3.63, 3.8) is 0 Å². The summed E-state index contributed by atoms with van der Waals surface area (Å²) in [6.45, 7) is 0.988. The Bertz CT molecular complexity index is 740. The van der Waals surface area contributed by atoms with Crippen molar-refractivity contribution in [1.82, 2.24) is 20.4 Å². The van der Waals surface area contributed by atoms with E-state index in [1.807, 2.05) is 24.3 Å². The van der Waals surface area contributed by atoms with Gasteiger partial charge in [-0.1, -0.05) is 12.1 Å². The number of carbonyl (C=O) groups excluding carboxylic acids is 4. The van der Waals surface area contributed by atoms with Crippen molar-refractivity contribution >= 4 is 23.8 Å². The molecule has 9 nitrogen and oxygen atoms in total. The molecule has 0 aliphatic carbocycles. The van der Waals surface area contributed by atoms with Crippen molar-refractivity contribution in [2.24, 2.45) is 5.92 Å². The second-order valence-electron chi connectivity index (χ2n) is 6.86. The molecule has 2 saturated heterocycles. The number of methoxy groups -OCH3 is 1. The van der Waals surface area contributed by atoms with Crippen molar-refractivity contribution in [3.8, 4) is 5.75 Å². The van der Waals surface area contributed by atoms with Crippen LogP contribution in [0.15, 0.2) is 24.3 Å². The molecule has 0 radical (unpaired) electrons. The SMILES string of the molecule is COc1ccc(CNC(=O)C2CCN(C(=O)CN3C(=O)CNC3=O)CC2)cc1. The number of likely N-dealkylation sites (tertiary alicyclic amines) is 1. The molecule has 2 heterocycles. The third-order valence-electron chi connectivity index (χ3n) is 5.07. The zero-order valence-electron chi connectivity index (χ0n) is 15.8. The van der Waals surface area contributed by atoms with Crippen LogP contribution in [0.1, 0.15) is 18.4 Å². The number of ether oxygens (including phenoxy) is 1. The fourth-order valence-electron chi connectivity index (χ4n) is 3.32. The number of hydrogen-bond donors (Lipinski definition) is 2. The molecular weight excluding hydrogens is 364 g/mol. The monoisotopic (exact) mass is 388 g/mol. The Morgan fingerprint density at radius 2 is 1.86 bits per heavy atom. The van der Waals surface area contributed by atoms with Gasteiger partial charge in [0.05, 0.1) is 13.7 Å². The van der Waals surface area contributed by atoms with Gasteiger partial charge in [-0.3, -0.25) is 19.3 Å². The fraction of sp³-hybridized carbons (Fsp3) is 0.474. The van der Waals surface area contributed by atoms with E-state index in [0.29, 0.717) is 32.5 Å². The van der Waals surface area contributed by atoms with Crippen molar-refractivity contribution in [3.05, 3.63) is 29.8 Å². The summed E-state index contributed by atoms with van der Waals surface area (Å²) >= 11 is 0. The van der Waals surface area contributed by atoms with Crippen LogP contribution in [0.3, 0.4) is 0 Å². The highest BCUT2D eigenvalue weighted by molar-refractivity contribution is 6.04. The third-order valence-corrected chi connectivity index (χ3v) is 5.07. The molecule has 0 unspecified atom stereocenters. The average molecular weight is 388 g/mol. The van der Waals surface area contributed by atoms with Gasteiger partial charge in [-0.2, -0.15) is 0 Å². The minimum absolute atomic E-state index is 0.0305. The van der Waals surface area contributed by atoms with Gasteiger partial charge >= 0.3 is 6.03 Å². The van der Waals surface area contributed by atoms with Crippen LogP contribution in [0, 0.1) is 5.92 Å². The third kappa shape index (κ3) is 4.59. The van der Waals surface area contributed by atoms with Crippen molar-refractivity contribution < 1.29 is 23.9 Å². The van der Waals surface area contributed by atoms with Gasteiger partial charge < -0.3 is 20.3 Å². The first-order chi connectivity index (χ1) is 13.5. The standard InChI is InChI=1S/C19H24N4O5/c1-28-15-4-2-13(3-5-15)10-20-18(26)14-6-8-22(9-7-14)17(25)12-23-16(24)11-21-19(23)27/h2-5,14H,6-12H2,1H3,(H,20,26)(H,21,27). The molecule has 2 aliphatic heterocycles. The van der Waals surface area contributed by atoms with Crippen molar-refractivity contribution in [2.75, 3.05) is 33.3 Å². The zero-order chi connectivity index (χ0) is 20.1. The lowest BCUT2D eigenvalue weighted by Gasteiger charge is -2.32. The predicted molar refractivity (Wildman–Crippen MR) is 99.3 cm³/mol. The number of imide groups is 1. The number of nitrogens with zero attached hydrogens (tertiary/aromatic N) is 2. The van der Waals surface area contributed by atoms with E-state index < -0.39 is 11.9 Å². The van der Waals surface area contributed by atoms with Crippen molar-refractivity contribution in [1.29, 1.82) is 0 Å². The number of amides is 5. The number of urea groups is 1. The number of rotatable bonds is 6. The molecular formula is C19H24N4O5. The Hall–Kier alpha value is -3.10. The van der Waals surface area contributed by atoms with Crippen LogP contribution in [0.25, 0.3) is 0 Å². The Morgan fingerprint density at radius 3 is 2.43 bits per heavy atom. The average Bonchev–Trinajstić information content (AvgIpc) is 3.04. The molecule has 2 N–H and O–H groups in total. The van der Waals surface area contributed by atoms with Gasteiger partial charge in [-0.05, 0) is 30.5 Å². The van der Waals surface area contributed by atoms with Gasteiger partial charge in [0.15, 0.2) is 0 Å². The quantitative estimate of drug-likeness (QED) is 0.672. The minimum Gasteiger partial charge on any atom is -0.497 e. The molecule has 2 fully saturated rings. The highest BCUT2D eigenvalue weighted by atomic mass is 16.5. The smallest absolute Gasteiger partial charge is 0.325 e. The number of nitrogens with one attached hydrogen (secondary N) is 2. The van der Waals surface area contributed by atoms with E-state index in [2.05, 4.69) is 10.6 Å². The van der Waals surface area contributed by atoms with E-state index in [9.17, 15) is 19.2 Å². The van der Waals surface area contributed by atoms with Crippen LogP contribution >= 0.6 is 0 Å². The number of hydrogen-bond acceptors (Lipinski definition) is 5. The highest BCUT2D eigenvalue weighted by Crippen LogP contribution is 2.18. The van der Waals surface area contributed by atoms with Gasteiger partial charge in [0.2, 0.25) is 11.8 Å². The first-order valence-corrected chi connectivity index (χ1v) is 9.24. The Balaban J connectivity index is 1.42. The maximum atomic E-state index is 12.4. The largest absolute Gasteiger partial charge is 0.497 e.